The molecule has 1 N–H and O–H groups in total. The van der Waals surface area contributed by atoms with Gasteiger partial charge in [-0.25, -0.2) is 9.97 Å². The Bertz CT molecular complexity index is 583. The summed E-state index contributed by atoms with van der Waals surface area (Å²) in [6.07, 6.45) is 4.90. The number of thiophene rings is 1. The Labute approximate surface area is 132 Å². The van der Waals surface area contributed by atoms with E-state index in [1.54, 1.807) is 17.7 Å². The molecule has 0 fully saturated rings. The minimum Gasteiger partial charge on any atom is -0.313 e. The van der Waals surface area contributed by atoms with Gasteiger partial charge >= 0.3 is 0 Å². The van der Waals surface area contributed by atoms with Crippen molar-refractivity contribution in [2.75, 3.05) is 6.54 Å². The van der Waals surface area contributed by atoms with Gasteiger partial charge in [0, 0.05) is 22.7 Å². The van der Waals surface area contributed by atoms with E-state index in [4.69, 9.17) is 0 Å². The Kier molecular flexibility index (Phi) is 5.33. The maximum absolute atomic E-state index is 4.57. The summed E-state index contributed by atoms with van der Waals surface area (Å²) in [7, 11) is 0. The van der Waals surface area contributed by atoms with Gasteiger partial charge in [0.1, 0.15) is 11.2 Å². The molecule has 2 heterocycles. The molecule has 0 saturated carbocycles. The molecule has 0 saturated heterocycles. The first-order valence-electron chi connectivity index (χ1n) is 7.91. The van der Waals surface area contributed by atoms with Gasteiger partial charge in [0.2, 0.25) is 0 Å². The first kappa shape index (κ1) is 16.4. The van der Waals surface area contributed by atoms with E-state index in [0.29, 0.717) is 6.04 Å². The normalized spacial score (nSPS) is 13.8. The van der Waals surface area contributed by atoms with Crippen molar-refractivity contribution in [2.45, 2.75) is 59.9 Å². The topological polar surface area (TPSA) is 37.8 Å². The van der Waals surface area contributed by atoms with Crippen molar-refractivity contribution in [1.29, 1.82) is 0 Å². The van der Waals surface area contributed by atoms with E-state index < -0.39 is 0 Å². The Morgan fingerprint density at radius 3 is 2.62 bits per heavy atom. The minimum atomic E-state index is 0.218. The molecule has 0 aliphatic carbocycles. The Morgan fingerprint density at radius 2 is 2.00 bits per heavy atom. The first-order valence-corrected chi connectivity index (χ1v) is 8.73. The van der Waals surface area contributed by atoms with Gasteiger partial charge in [-0.15, -0.1) is 11.3 Å². The number of nitrogens with zero attached hydrogens (tertiary/aromatic N) is 2. The molecule has 0 aliphatic rings. The molecule has 0 aromatic carbocycles. The summed E-state index contributed by atoms with van der Waals surface area (Å²) in [6.45, 7) is 12.3. The summed E-state index contributed by atoms with van der Waals surface area (Å²) in [5, 5.41) is 4.93. The molecule has 3 nitrogen and oxygen atoms in total. The van der Waals surface area contributed by atoms with Crippen LogP contribution in [0.1, 0.15) is 51.6 Å². The fourth-order valence-corrected chi connectivity index (χ4v) is 3.44. The Balaban J connectivity index is 2.29. The van der Waals surface area contributed by atoms with Crippen LogP contribution in [-0.2, 0) is 12.8 Å². The molecule has 0 bridgehead atoms. The lowest BCUT2D eigenvalue weighted by Gasteiger charge is -2.31. The molecule has 0 aliphatic heterocycles. The third kappa shape index (κ3) is 4.01. The molecule has 0 amide bonds. The van der Waals surface area contributed by atoms with E-state index in [-0.39, 0.29) is 5.41 Å². The molecule has 2 aromatic rings. The number of hydrogen-bond acceptors (Lipinski definition) is 4. The molecule has 0 spiro atoms. The molecule has 21 heavy (non-hydrogen) atoms. The zero-order valence-electron chi connectivity index (χ0n) is 13.9. The molecular formula is C17H27N3S. The van der Waals surface area contributed by atoms with Crippen LogP contribution in [0.2, 0.25) is 0 Å². The number of rotatable bonds is 6. The lowest BCUT2D eigenvalue weighted by molar-refractivity contribution is 0.266. The van der Waals surface area contributed by atoms with Crippen molar-refractivity contribution in [3.8, 4) is 0 Å². The van der Waals surface area contributed by atoms with Gasteiger partial charge in [0.15, 0.2) is 0 Å². The molecule has 1 unspecified atom stereocenters. The lowest BCUT2D eigenvalue weighted by atomic mass is 9.83. The SMILES string of the molecule is CCCNC(Cc1ncnc2sc(CC)cc12)C(C)(C)C. The standard InChI is InChI=1S/C17H27N3S/c1-6-8-18-15(17(3,4)5)10-14-13-9-12(7-2)21-16(13)20-11-19-14/h9,11,15,18H,6-8,10H2,1-5H3. The van der Waals surface area contributed by atoms with Crippen molar-refractivity contribution in [1.82, 2.24) is 15.3 Å². The summed E-state index contributed by atoms with van der Waals surface area (Å²) >= 11 is 1.79. The third-order valence-electron chi connectivity index (χ3n) is 3.90. The van der Waals surface area contributed by atoms with Crippen LogP contribution in [0.3, 0.4) is 0 Å². The fraction of sp³-hybridized carbons (Fsp3) is 0.647. The van der Waals surface area contributed by atoms with Crippen LogP contribution in [0.5, 0.6) is 0 Å². The van der Waals surface area contributed by atoms with Crippen LogP contribution < -0.4 is 5.32 Å². The monoisotopic (exact) mass is 305 g/mol. The lowest BCUT2D eigenvalue weighted by Crippen LogP contribution is -2.42. The second kappa shape index (κ2) is 6.84. The maximum Gasteiger partial charge on any atom is 0.127 e. The predicted molar refractivity (Wildman–Crippen MR) is 92.0 cm³/mol. The van der Waals surface area contributed by atoms with Crippen molar-refractivity contribution < 1.29 is 0 Å². The van der Waals surface area contributed by atoms with E-state index in [9.17, 15) is 0 Å². The third-order valence-corrected chi connectivity index (χ3v) is 5.08. The number of nitrogens with one attached hydrogen (secondary N) is 1. The van der Waals surface area contributed by atoms with E-state index in [1.165, 1.54) is 16.0 Å². The van der Waals surface area contributed by atoms with Gasteiger partial charge in [-0.3, -0.25) is 0 Å². The summed E-state index contributed by atoms with van der Waals surface area (Å²) in [6, 6.07) is 2.70. The second-order valence-corrected chi connectivity index (χ2v) is 7.80. The number of hydrogen-bond donors (Lipinski definition) is 1. The molecule has 0 radical (unpaired) electrons. The second-order valence-electron chi connectivity index (χ2n) is 6.68. The van der Waals surface area contributed by atoms with Gasteiger partial charge in [-0.1, -0.05) is 34.6 Å². The number of aryl methyl sites for hydroxylation is 1. The van der Waals surface area contributed by atoms with Crippen LogP contribution in [0.15, 0.2) is 12.4 Å². The molecule has 4 heteroatoms. The van der Waals surface area contributed by atoms with Gasteiger partial charge in [-0.05, 0) is 30.9 Å². The van der Waals surface area contributed by atoms with Crippen LogP contribution in [0.4, 0.5) is 0 Å². The maximum atomic E-state index is 4.57. The number of aromatic nitrogens is 2. The summed E-state index contributed by atoms with van der Waals surface area (Å²) in [5.41, 5.74) is 1.40. The average Bonchev–Trinajstić information content (AvgIpc) is 2.86. The quantitative estimate of drug-likeness (QED) is 0.868. The van der Waals surface area contributed by atoms with Crippen LogP contribution in [-0.4, -0.2) is 22.6 Å². The van der Waals surface area contributed by atoms with E-state index in [2.05, 4.69) is 56.0 Å². The van der Waals surface area contributed by atoms with Crippen LogP contribution in [0.25, 0.3) is 10.2 Å². The predicted octanol–water partition coefficient (Wildman–Crippen LogP) is 4.21. The highest BCUT2D eigenvalue weighted by molar-refractivity contribution is 7.18. The smallest absolute Gasteiger partial charge is 0.127 e. The number of fused-ring (bicyclic) bond motifs is 1. The van der Waals surface area contributed by atoms with Gasteiger partial charge in [0.05, 0.1) is 5.69 Å². The molecular weight excluding hydrogens is 278 g/mol. The average molecular weight is 305 g/mol. The molecule has 1 atom stereocenters. The van der Waals surface area contributed by atoms with Crippen molar-refractivity contribution >= 4 is 21.6 Å². The van der Waals surface area contributed by atoms with E-state index >= 15 is 0 Å². The summed E-state index contributed by atoms with van der Waals surface area (Å²) in [4.78, 5) is 11.5. The fourth-order valence-electron chi connectivity index (χ4n) is 2.49. The van der Waals surface area contributed by atoms with Gasteiger partial charge in [-0.2, -0.15) is 0 Å². The Hall–Kier alpha value is -1.00. The van der Waals surface area contributed by atoms with E-state index in [1.807, 2.05) is 0 Å². The first-order chi connectivity index (χ1) is 9.95. The van der Waals surface area contributed by atoms with Gasteiger partial charge < -0.3 is 5.32 Å². The largest absolute Gasteiger partial charge is 0.313 e. The van der Waals surface area contributed by atoms with Crippen LogP contribution in [0, 0.1) is 5.41 Å². The van der Waals surface area contributed by atoms with Crippen LogP contribution >= 0.6 is 11.3 Å². The van der Waals surface area contributed by atoms with Gasteiger partial charge in [0.25, 0.3) is 0 Å². The highest BCUT2D eigenvalue weighted by Gasteiger charge is 2.25. The summed E-state index contributed by atoms with van der Waals surface area (Å²) < 4.78 is 0. The molecule has 116 valence electrons. The molecule has 2 aromatic heterocycles. The highest BCUT2D eigenvalue weighted by atomic mass is 32.1. The van der Waals surface area contributed by atoms with E-state index in [0.717, 1.165) is 30.6 Å². The minimum absolute atomic E-state index is 0.218. The van der Waals surface area contributed by atoms with Crippen molar-refractivity contribution in [3.05, 3.63) is 23.0 Å². The summed E-state index contributed by atoms with van der Waals surface area (Å²) in [5.74, 6) is 0. The highest BCUT2D eigenvalue weighted by Crippen LogP contribution is 2.29. The van der Waals surface area contributed by atoms with Crippen molar-refractivity contribution in [3.63, 3.8) is 0 Å². The zero-order valence-corrected chi connectivity index (χ0v) is 14.7. The zero-order chi connectivity index (χ0) is 15.5. The molecule has 2 rings (SSSR count). The van der Waals surface area contributed by atoms with Crippen molar-refractivity contribution in [2.24, 2.45) is 5.41 Å². The Morgan fingerprint density at radius 1 is 1.24 bits per heavy atom.